The standard InChI is InChI=1S/C15H25NO/c1-4-6-13-8-10-14(11-9-13)15(16-2)7-5-12-17-3/h8-11,15-16H,4-7,12H2,1-3H3. The first-order valence-corrected chi connectivity index (χ1v) is 6.56. The van der Waals surface area contributed by atoms with E-state index in [-0.39, 0.29) is 0 Å². The van der Waals surface area contributed by atoms with Gasteiger partial charge in [-0.15, -0.1) is 0 Å². The van der Waals surface area contributed by atoms with E-state index in [9.17, 15) is 0 Å². The van der Waals surface area contributed by atoms with Gasteiger partial charge in [-0.1, -0.05) is 37.6 Å². The van der Waals surface area contributed by atoms with Crippen molar-refractivity contribution in [3.63, 3.8) is 0 Å². The van der Waals surface area contributed by atoms with Crippen LogP contribution in [-0.2, 0) is 11.2 Å². The van der Waals surface area contributed by atoms with Gasteiger partial charge in [-0.25, -0.2) is 0 Å². The van der Waals surface area contributed by atoms with Gasteiger partial charge in [0.15, 0.2) is 0 Å². The molecule has 0 amide bonds. The van der Waals surface area contributed by atoms with E-state index in [0.29, 0.717) is 6.04 Å². The molecule has 1 unspecified atom stereocenters. The van der Waals surface area contributed by atoms with E-state index in [2.05, 4.69) is 36.5 Å². The number of nitrogens with one attached hydrogen (secondary N) is 1. The number of hydrogen-bond donors (Lipinski definition) is 1. The average Bonchev–Trinajstić information content (AvgIpc) is 2.36. The van der Waals surface area contributed by atoms with Crippen molar-refractivity contribution in [2.24, 2.45) is 0 Å². The second-order valence-corrected chi connectivity index (χ2v) is 4.47. The third kappa shape index (κ3) is 4.88. The molecule has 1 rings (SSSR count). The van der Waals surface area contributed by atoms with Crippen molar-refractivity contribution in [2.75, 3.05) is 20.8 Å². The van der Waals surface area contributed by atoms with Crippen LogP contribution >= 0.6 is 0 Å². The molecule has 0 bridgehead atoms. The molecule has 1 aromatic carbocycles. The normalized spacial score (nSPS) is 12.6. The highest BCUT2D eigenvalue weighted by atomic mass is 16.5. The van der Waals surface area contributed by atoms with Crippen molar-refractivity contribution >= 4 is 0 Å². The Hall–Kier alpha value is -0.860. The van der Waals surface area contributed by atoms with E-state index in [1.165, 1.54) is 24.0 Å². The summed E-state index contributed by atoms with van der Waals surface area (Å²) in [7, 11) is 3.78. The Kier molecular flexibility index (Phi) is 6.90. The lowest BCUT2D eigenvalue weighted by Gasteiger charge is -2.16. The number of rotatable bonds is 8. The first kappa shape index (κ1) is 14.2. The molecule has 17 heavy (non-hydrogen) atoms. The highest BCUT2D eigenvalue weighted by molar-refractivity contribution is 5.25. The molecule has 1 atom stereocenters. The van der Waals surface area contributed by atoms with Crippen LogP contribution in [0.3, 0.4) is 0 Å². The maximum Gasteiger partial charge on any atom is 0.0462 e. The second-order valence-electron chi connectivity index (χ2n) is 4.47. The first-order valence-electron chi connectivity index (χ1n) is 6.56. The summed E-state index contributed by atoms with van der Waals surface area (Å²) in [4.78, 5) is 0. The number of aryl methyl sites for hydroxylation is 1. The minimum Gasteiger partial charge on any atom is -0.385 e. The second kappa shape index (κ2) is 8.26. The van der Waals surface area contributed by atoms with Crippen LogP contribution in [0.4, 0.5) is 0 Å². The summed E-state index contributed by atoms with van der Waals surface area (Å²) in [6.45, 7) is 3.06. The maximum atomic E-state index is 5.10. The van der Waals surface area contributed by atoms with Crippen LogP contribution in [0, 0.1) is 0 Å². The molecule has 0 radical (unpaired) electrons. The van der Waals surface area contributed by atoms with Crippen molar-refractivity contribution in [1.82, 2.24) is 5.32 Å². The molecule has 0 fully saturated rings. The van der Waals surface area contributed by atoms with E-state index < -0.39 is 0 Å². The maximum absolute atomic E-state index is 5.10. The zero-order valence-corrected chi connectivity index (χ0v) is 11.3. The molecule has 0 aliphatic heterocycles. The average molecular weight is 235 g/mol. The van der Waals surface area contributed by atoms with Gasteiger partial charge in [0, 0.05) is 19.8 Å². The molecule has 0 aliphatic carbocycles. The minimum atomic E-state index is 0.445. The van der Waals surface area contributed by atoms with Gasteiger partial charge in [-0.2, -0.15) is 0 Å². The summed E-state index contributed by atoms with van der Waals surface area (Å²) in [5, 5.41) is 3.37. The molecule has 0 saturated heterocycles. The van der Waals surface area contributed by atoms with Crippen molar-refractivity contribution < 1.29 is 4.74 Å². The predicted molar refractivity (Wildman–Crippen MR) is 73.3 cm³/mol. The van der Waals surface area contributed by atoms with Gasteiger partial charge in [0.05, 0.1) is 0 Å². The van der Waals surface area contributed by atoms with Crippen LogP contribution < -0.4 is 5.32 Å². The SMILES string of the molecule is CCCc1ccc(C(CCCOC)NC)cc1. The third-order valence-corrected chi connectivity index (χ3v) is 3.11. The van der Waals surface area contributed by atoms with Crippen molar-refractivity contribution in [3.05, 3.63) is 35.4 Å². The Morgan fingerprint density at radius 3 is 2.47 bits per heavy atom. The molecule has 1 N–H and O–H groups in total. The molecule has 0 aliphatic rings. The van der Waals surface area contributed by atoms with E-state index in [1.54, 1.807) is 7.11 Å². The highest BCUT2D eigenvalue weighted by Gasteiger charge is 2.08. The van der Waals surface area contributed by atoms with Gasteiger partial charge in [0.25, 0.3) is 0 Å². The zero-order chi connectivity index (χ0) is 12.5. The summed E-state index contributed by atoms with van der Waals surface area (Å²) in [5.74, 6) is 0. The summed E-state index contributed by atoms with van der Waals surface area (Å²) in [6, 6.07) is 9.44. The first-order chi connectivity index (χ1) is 8.31. The van der Waals surface area contributed by atoms with Crippen LogP contribution in [0.25, 0.3) is 0 Å². The Labute approximate surface area is 105 Å². The van der Waals surface area contributed by atoms with E-state index in [1.807, 2.05) is 7.05 Å². The molecule has 0 aromatic heterocycles. The summed E-state index contributed by atoms with van der Waals surface area (Å²) < 4.78 is 5.10. The molecule has 1 aromatic rings. The van der Waals surface area contributed by atoms with Gasteiger partial charge in [0.1, 0.15) is 0 Å². The van der Waals surface area contributed by atoms with Gasteiger partial charge in [0.2, 0.25) is 0 Å². The van der Waals surface area contributed by atoms with Crippen molar-refractivity contribution in [1.29, 1.82) is 0 Å². The highest BCUT2D eigenvalue weighted by Crippen LogP contribution is 2.19. The molecule has 2 heteroatoms. The molecule has 96 valence electrons. The Bertz CT molecular complexity index is 294. The number of hydrogen-bond acceptors (Lipinski definition) is 2. The summed E-state index contributed by atoms with van der Waals surface area (Å²) in [6.07, 6.45) is 4.60. The molecular formula is C15H25NO. The molecule has 0 heterocycles. The largest absolute Gasteiger partial charge is 0.385 e. The molecular weight excluding hydrogens is 210 g/mol. The lowest BCUT2D eigenvalue weighted by Crippen LogP contribution is -2.16. The lowest BCUT2D eigenvalue weighted by atomic mass is 10.00. The number of methoxy groups -OCH3 is 1. The molecule has 2 nitrogen and oxygen atoms in total. The zero-order valence-electron chi connectivity index (χ0n) is 11.3. The van der Waals surface area contributed by atoms with Gasteiger partial charge >= 0.3 is 0 Å². The third-order valence-electron chi connectivity index (χ3n) is 3.11. The monoisotopic (exact) mass is 235 g/mol. The van der Waals surface area contributed by atoms with Gasteiger partial charge in [-0.3, -0.25) is 0 Å². The molecule has 0 spiro atoms. The number of ether oxygens (including phenoxy) is 1. The Balaban J connectivity index is 2.55. The summed E-state index contributed by atoms with van der Waals surface area (Å²) >= 11 is 0. The van der Waals surface area contributed by atoms with E-state index in [0.717, 1.165) is 19.4 Å². The summed E-state index contributed by atoms with van der Waals surface area (Å²) in [5.41, 5.74) is 2.81. The van der Waals surface area contributed by atoms with E-state index in [4.69, 9.17) is 4.74 Å². The predicted octanol–water partition coefficient (Wildman–Crippen LogP) is 3.33. The van der Waals surface area contributed by atoms with E-state index >= 15 is 0 Å². The minimum absolute atomic E-state index is 0.445. The van der Waals surface area contributed by atoms with Gasteiger partial charge < -0.3 is 10.1 Å². The van der Waals surface area contributed by atoms with Crippen molar-refractivity contribution in [2.45, 2.75) is 38.6 Å². The molecule has 0 saturated carbocycles. The van der Waals surface area contributed by atoms with Crippen LogP contribution in [0.15, 0.2) is 24.3 Å². The topological polar surface area (TPSA) is 21.3 Å². The van der Waals surface area contributed by atoms with Crippen LogP contribution in [0.1, 0.15) is 43.4 Å². The fraction of sp³-hybridized carbons (Fsp3) is 0.600. The van der Waals surface area contributed by atoms with Gasteiger partial charge in [-0.05, 0) is 37.4 Å². The lowest BCUT2D eigenvalue weighted by molar-refractivity contribution is 0.189. The quantitative estimate of drug-likeness (QED) is 0.698. The smallest absolute Gasteiger partial charge is 0.0462 e. The Morgan fingerprint density at radius 1 is 1.24 bits per heavy atom. The van der Waals surface area contributed by atoms with Crippen LogP contribution in [0.2, 0.25) is 0 Å². The van der Waals surface area contributed by atoms with Crippen LogP contribution in [0.5, 0.6) is 0 Å². The van der Waals surface area contributed by atoms with Crippen molar-refractivity contribution in [3.8, 4) is 0 Å². The Morgan fingerprint density at radius 2 is 1.94 bits per heavy atom. The fourth-order valence-corrected chi connectivity index (χ4v) is 2.11. The number of benzene rings is 1. The van der Waals surface area contributed by atoms with Crippen LogP contribution in [-0.4, -0.2) is 20.8 Å². The fourth-order valence-electron chi connectivity index (χ4n) is 2.11.